The molecule has 0 saturated carbocycles. The van der Waals surface area contributed by atoms with Gasteiger partial charge < -0.3 is 10.0 Å². The number of hydrogen-bond donors (Lipinski definition) is 1. The molecule has 0 aromatic carbocycles. The molecule has 3 unspecified atom stereocenters. The summed E-state index contributed by atoms with van der Waals surface area (Å²) in [6, 6.07) is 2.11. The zero-order chi connectivity index (χ0) is 13.6. The van der Waals surface area contributed by atoms with E-state index in [9.17, 15) is 9.90 Å². The topological polar surface area (TPSA) is 43.8 Å². The maximum atomic E-state index is 11.5. The number of carbonyl (C=O) groups is 1. The Hall–Kier alpha value is -0.610. The van der Waals surface area contributed by atoms with E-state index >= 15 is 0 Å². The summed E-state index contributed by atoms with van der Waals surface area (Å²) in [5.41, 5.74) is -0.470. The van der Waals surface area contributed by atoms with Crippen molar-refractivity contribution in [3.05, 3.63) is 0 Å². The van der Waals surface area contributed by atoms with Crippen molar-refractivity contribution in [1.29, 1.82) is 0 Å². The minimum atomic E-state index is -0.589. The predicted molar refractivity (Wildman–Crippen MR) is 74.1 cm³/mol. The molecule has 4 heteroatoms. The molecule has 1 N–H and O–H groups in total. The quantitative estimate of drug-likeness (QED) is 0.846. The Balaban J connectivity index is 1.67. The van der Waals surface area contributed by atoms with Gasteiger partial charge in [-0.2, -0.15) is 0 Å². The normalized spacial score (nSPS) is 43.8. The number of hydrogen-bond acceptors (Lipinski definition) is 3. The van der Waals surface area contributed by atoms with Crippen LogP contribution in [0.1, 0.15) is 45.4 Å². The van der Waals surface area contributed by atoms with Crippen molar-refractivity contribution in [2.24, 2.45) is 5.41 Å². The lowest BCUT2D eigenvalue weighted by Crippen LogP contribution is -2.49. The van der Waals surface area contributed by atoms with Crippen LogP contribution < -0.4 is 0 Å². The van der Waals surface area contributed by atoms with Crippen LogP contribution in [-0.2, 0) is 4.79 Å². The average molecular weight is 266 g/mol. The minimum absolute atomic E-state index is 0.470. The molecule has 0 amide bonds. The third kappa shape index (κ3) is 2.09. The van der Waals surface area contributed by atoms with E-state index in [4.69, 9.17) is 0 Å². The van der Waals surface area contributed by atoms with E-state index in [0.29, 0.717) is 6.04 Å². The average Bonchev–Trinajstić information content (AvgIpc) is 2.89. The van der Waals surface area contributed by atoms with E-state index in [2.05, 4.69) is 16.8 Å². The Morgan fingerprint density at radius 2 is 1.89 bits per heavy atom. The van der Waals surface area contributed by atoms with Gasteiger partial charge in [0.05, 0.1) is 5.41 Å². The van der Waals surface area contributed by atoms with Gasteiger partial charge in [-0.15, -0.1) is 0 Å². The highest BCUT2D eigenvalue weighted by Gasteiger charge is 2.48. The van der Waals surface area contributed by atoms with Gasteiger partial charge in [0, 0.05) is 24.7 Å². The van der Waals surface area contributed by atoms with Gasteiger partial charge in [-0.3, -0.25) is 9.69 Å². The van der Waals surface area contributed by atoms with Crippen LogP contribution in [0.3, 0.4) is 0 Å². The maximum Gasteiger partial charge on any atom is 0.310 e. The van der Waals surface area contributed by atoms with Gasteiger partial charge in [-0.25, -0.2) is 0 Å². The van der Waals surface area contributed by atoms with Crippen molar-refractivity contribution in [3.63, 3.8) is 0 Å². The third-order valence-corrected chi connectivity index (χ3v) is 6.10. The van der Waals surface area contributed by atoms with Crippen molar-refractivity contribution in [1.82, 2.24) is 9.80 Å². The van der Waals surface area contributed by atoms with Gasteiger partial charge in [0.25, 0.3) is 0 Å². The van der Waals surface area contributed by atoms with Crippen molar-refractivity contribution < 1.29 is 9.90 Å². The molecule has 0 aromatic rings. The molecule has 2 bridgehead atoms. The van der Waals surface area contributed by atoms with Crippen LogP contribution in [0.5, 0.6) is 0 Å². The molecule has 0 radical (unpaired) electrons. The van der Waals surface area contributed by atoms with Crippen LogP contribution in [0.2, 0.25) is 0 Å². The number of carboxylic acid groups (broad SMARTS) is 1. The third-order valence-electron chi connectivity index (χ3n) is 6.10. The second-order valence-corrected chi connectivity index (χ2v) is 6.84. The second kappa shape index (κ2) is 4.74. The van der Waals surface area contributed by atoms with E-state index in [1.165, 1.54) is 25.7 Å². The van der Waals surface area contributed by atoms with Crippen LogP contribution in [-0.4, -0.2) is 59.1 Å². The fourth-order valence-corrected chi connectivity index (χ4v) is 4.51. The first-order chi connectivity index (χ1) is 9.05. The van der Waals surface area contributed by atoms with Crippen molar-refractivity contribution in [2.75, 3.05) is 20.1 Å². The van der Waals surface area contributed by atoms with Crippen molar-refractivity contribution in [2.45, 2.75) is 63.6 Å². The summed E-state index contributed by atoms with van der Waals surface area (Å²) < 4.78 is 0. The number of likely N-dealkylation sites (tertiary alicyclic amines) is 1. The van der Waals surface area contributed by atoms with Crippen LogP contribution in [0.25, 0.3) is 0 Å². The molecule has 3 fully saturated rings. The molecule has 3 atom stereocenters. The highest BCUT2D eigenvalue weighted by atomic mass is 16.4. The summed E-state index contributed by atoms with van der Waals surface area (Å²) in [7, 11) is 2.26. The standard InChI is InChI=1S/C15H26N2O2/c1-3-15(14(18)19)6-7-17(10-15)13-8-11-4-5-12(9-13)16(11)2/h11-13H,3-10H2,1-2H3,(H,18,19). The first kappa shape index (κ1) is 13.4. The Labute approximate surface area is 115 Å². The smallest absolute Gasteiger partial charge is 0.310 e. The molecule has 19 heavy (non-hydrogen) atoms. The fraction of sp³-hybridized carbons (Fsp3) is 0.933. The summed E-state index contributed by atoms with van der Waals surface area (Å²) in [6.07, 6.45) is 6.75. The van der Waals surface area contributed by atoms with E-state index < -0.39 is 11.4 Å². The second-order valence-electron chi connectivity index (χ2n) is 6.84. The zero-order valence-electron chi connectivity index (χ0n) is 12.1. The number of aliphatic carboxylic acids is 1. The van der Waals surface area contributed by atoms with Crippen LogP contribution in [0.4, 0.5) is 0 Å². The van der Waals surface area contributed by atoms with Crippen LogP contribution in [0, 0.1) is 5.41 Å². The summed E-state index contributed by atoms with van der Waals surface area (Å²) in [5, 5.41) is 9.50. The van der Waals surface area contributed by atoms with Crippen LogP contribution >= 0.6 is 0 Å². The number of fused-ring (bicyclic) bond motifs is 2. The lowest BCUT2D eigenvalue weighted by atomic mass is 9.84. The molecule has 0 spiro atoms. The number of piperidine rings is 1. The molecule has 3 aliphatic rings. The molecule has 0 aromatic heterocycles. The molecular formula is C15H26N2O2. The van der Waals surface area contributed by atoms with E-state index in [1.807, 2.05) is 6.92 Å². The summed E-state index contributed by atoms with van der Waals surface area (Å²) >= 11 is 0. The number of carboxylic acids is 1. The molecule has 0 aliphatic carbocycles. The van der Waals surface area contributed by atoms with Crippen LogP contribution in [0.15, 0.2) is 0 Å². The van der Waals surface area contributed by atoms with Gasteiger partial charge in [-0.1, -0.05) is 6.92 Å². The first-order valence-corrected chi connectivity index (χ1v) is 7.75. The van der Waals surface area contributed by atoms with Crippen molar-refractivity contribution >= 4 is 5.97 Å². The minimum Gasteiger partial charge on any atom is -0.481 e. The van der Waals surface area contributed by atoms with Crippen molar-refractivity contribution in [3.8, 4) is 0 Å². The van der Waals surface area contributed by atoms with Gasteiger partial charge >= 0.3 is 5.97 Å². The molecule has 3 saturated heterocycles. The largest absolute Gasteiger partial charge is 0.481 e. The van der Waals surface area contributed by atoms with E-state index in [-0.39, 0.29) is 0 Å². The molecule has 108 valence electrons. The highest BCUT2D eigenvalue weighted by molar-refractivity contribution is 5.75. The molecule has 3 heterocycles. The summed E-state index contributed by atoms with van der Waals surface area (Å²) in [4.78, 5) is 16.6. The van der Waals surface area contributed by atoms with Gasteiger partial charge in [0.1, 0.15) is 0 Å². The van der Waals surface area contributed by atoms with E-state index in [0.717, 1.165) is 38.0 Å². The van der Waals surface area contributed by atoms with Gasteiger partial charge in [-0.05, 0) is 52.1 Å². The maximum absolute atomic E-state index is 11.5. The number of nitrogens with zero attached hydrogens (tertiary/aromatic N) is 2. The predicted octanol–water partition coefficient (Wildman–Crippen LogP) is 1.80. The van der Waals surface area contributed by atoms with Gasteiger partial charge in [0.15, 0.2) is 0 Å². The summed E-state index contributed by atoms with van der Waals surface area (Å²) in [6.45, 7) is 3.77. The lowest BCUT2D eigenvalue weighted by Gasteiger charge is -2.40. The molecule has 3 aliphatic heterocycles. The molecule has 3 rings (SSSR count). The Morgan fingerprint density at radius 1 is 1.26 bits per heavy atom. The monoisotopic (exact) mass is 266 g/mol. The highest BCUT2D eigenvalue weighted by Crippen LogP contribution is 2.41. The Bertz CT molecular complexity index is 359. The molecular weight excluding hydrogens is 240 g/mol. The lowest BCUT2D eigenvalue weighted by molar-refractivity contribution is -0.148. The Morgan fingerprint density at radius 3 is 2.37 bits per heavy atom. The zero-order valence-corrected chi connectivity index (χ0v) is 12.1. The van der Waals surface area contributed by atoms with Gasteiger partial charge in [0.2, 0.25) is 0 Å². The number of rotatable bonds is 3. The summed E-state index contributed by atoms with van der Waals surface area (Å²) in [5.74, 6) is -0.589. The fourth-order valence-electron chi connectivity index (χ4n) is 4.51. The molecule has 4 nitrogen and oxygen atoms in total. The Kier molecular flexibility index (Phi) is 3.34. The van der Waals surface area contributed by atoms with E-state index in [1.54, 1.807) is 0 Å². The SMILES string of the molecule is CCC1(C(=O)O)CCN(C2CC3CCC(C2)N3C)C1. The first-order valence-electron chi connectivity index (χ1n) is 7.75.